The van der Waals surface area contributed by atoms with Gasteiger partial charge in [0.1, 0.15) is 5.82 Å². The summed E-state index contributed by atoms with van der Waals surface area (Å²) in [5.74, 6) is -0.839. The maximum Gasteiger partial charge on any atom is 0.416 e. The highest BCUT2D eigenvalue weighted by Gasteiger charge is 2.38. The van der Waals surface area contributed by atoms with Gasteiger partial charge in [-0.15, -0.1) is 0 Å². The maximum absolute atomic E-state index is 13.5. The molecule has 3 aromatic rings. The predicted octanol–water partition coefficient (Wildman–Crippen LogP) is 7.48. The van der Waals surface area contributed by atoms with E-state index in [0.717, 1.165) is 11.3 Å². The highest BCUT2D eigenvalue weighted by atomic mass is 19.4. The van der Waals surface area contributed by atoms with Crippen molar-refractivity contribution in [3.63, 3.8) is 0 Å². The van der Waals surface area contributed by atoms with Crippen LogP contribution in [0.2, 0.25) is 0 Å². The fourth-order valence-electron chi connectivity index (χ4n) is 4.35. The zero-order valence-electron chi connectivity index (χ0n) is 17.9. The molecule has 4 rings (SSSR count). The number of ether oxygens (including phenoxy) is 1. The number of hydrogen-bond donors (Lipinski definition) is 0. The van der Waals surface area contributed by atoms with E-state index in [2.05, 4.69) is 4.98 Å². The molecule has 0 aliphatic heterocycles. The second-order valence-corrected chi connectivity index (χ2v) is 8.26. The van der Waals surface area contributed by atoms with Gasteiger partial charge in [0.25, 0.3) is 0 Å². The molecule has 1 heterocycles. The Kier molecular flexibility index (Phi) is 6.42. The molecule has 180 valence electrons. The van der Waals surface area contributed by atoms with Crippen molar-refractivity contribution in [2.45, 2.75) is 50.2 Å². The van der Waals surface area contributed by atoms with Crippen LogP contribution in [-0.2, 0) is 23.5 Å². The van der Waals surface area contributed by atoms with Gasteiger partial charge in [0.2, 0.25) is 0 Å². The van der Waals surface area contributed by atoms with Gasteiger partial charge in [-0.3, -0.25) is 4.98 Å². The van der Waals surface area contributed by atoms with Crippen molar-refractivity contribution < 1.29 is 35.5 Å². The molecule has 1 aliphatic rings. The Morgan fingerprint density at radius 1 is 0.912 bits per heavy atom. The average molecular weight is 483 g/mol. The Morgan fingerprint density at radius 3 is 2.12 bits per heavy atom. The largest absolute Gasteiger partial charge is 0.416 e. The van der Waals surface area contributed by atoms with E-state index in [1.807, 2.05) is 6.07 Å². The van der Waals surface area contributed by atoms with Gasteiger partial charge >= 0.3 is 12.4 Å². The average Bonchev–Trinajstić information content (AvgIpc) is 2.78. The van der Waals surface area contributed by atoms with Crippen LogP contribution in [0.15, 0.2) is 60.8 Å². The first-order valence-corrected chi connectivity index (χ1v) is 10.6. The summed E-state index contributed by atoms with van der Waals surface area (Å²) in [6.07, 6.45) is -8.89. The number of pyridine rings is 1. The number of alkyl halides is 6. The van der Waals surface area contributed by atoms with Gasteiger partial charge in [-0.1, -0.05) is 18.2 Å². The van der Waals surface area contributed by atoms with Gasteiger partial charge in [0.15, 0.2) is 0 Å². The second-order valence-electron chi connectivity index (χ2n) is 8.26. The van der Waals surface area contributed by atoms with Crippen molar-refractivity contribution in [2.24, 2.45) is 0 Å². The van der Waals surface area contributed by atoms with Crippen LogP contribution in [0.5, 0.6) is 0 Å². The molecule has 0 N–H and O–H groups in total. The van der Waals surface area contributed by atoms with Crippen molar-refractivity contribution in [1.82, 2.24) is 4.98 Å². The van der Waals surface area contributed by atoms with E-state index in [1.54, 1.807) is 24.4 Å². The lowest BCUT2D eigenvalue weighted by molar-refractivity contribution is -0.143. The van der Waals surface area contributed by atoms with E-state index in [9.17, 15) is 30.7 Å². The lowest BCUT2D eigenvalue weighted by atomic mass is 9.78. The molecule has 3 atom stereocenters. The summed E-state index contributed by atoms with van der Waals surface area (Å²) in [5.41, 5.74) is -0.632. The summed E-state index contributed by atoms with van der Waals surface area (Å²) in [7, 11) is 0. The van der Waals surface area contributed by atoms with Crippen LogP contribution in [0.4, 0.5) is 30.7 Å². The molecule has 0 radical (unpaired) electrons. The number of rotatable bonds is 4. The molecular weight excluding hydrogens is 463 g/mol. The summed E-state index contributed by atoms with van der Waals surface area (Å²) in [4.78, 5) is 4.38. The number of halogens is 7. The van der Waals surface area contributed by atoms with E-state index in [4.69, 9.17) is 4.74 Å². The summed E-state index contributed by atoms with van der Waals surface area (Å²) in [5, 5.41) is 0. The van der Waals surface area contributed by atoms with Crippen LogP contribution >= 0.6 is 0 Å². The number of aromatic nitrogens is 1. The van der Waals surface area contributed by atoms with Gasteiger partial charge in [-0.05, 0) is 72.9 Å². The monoisotopic (exact) mass is 483 g/mol. The van der Waals surface area contributed by atoms with Crippen molar-refractivity contribution in [3.05, 3.63) is 100 Å². The van der Waals surface area contributed by atoms with E-state index in [1.165, 1.54) is 19.1 Å². The summed E-state index contributed by atoms with van der Waals surface area (Å²) < 4.78 is 99.4. The summed E-state index contributed by atoms with van der Waals surface area (Å²) >= 11 is 0. The van der Waals surface area contributed by atoms with Gasteiger partial charge in [0.05, 0.1) is 23.3 Å². The SMILES string of the molecule is C[C@@H](OC1CCc2ncccc2[C@@H]1c1ccc(F)cc1)c1cc(C(F)(F)F)cc(C(F)(F)F)c1. The Balaban J connectivity index is 1.70. The van der Waals surface area contributed by atoms with Crippen LogP contribution in [-0.4, -0.2) is 11.1 Å². The molecule has 1 aromatic heterocycles. The third-order valence-electron chi connectivity index (χ3n) is 5.99. The molecular formula is C25H20F7NO. The Morgan fingerprint density at radius 2 is 1.53 bits per heavy atom. The van der Waals surface area contributed by atoms with Crippen molar-refractivity contribution in [3.8, 4) is 0 Å². The number of hydrogen-bond acceptors (Lipinski definition) is 2. The first-order chi connectivity index (χ1) is 15.9. The summed E-state index contributed by atoms with van der Waals surface area (Å²) in [6, 6.07) is 10.8. The van der Waals surface area contributed by atoms with Crippen molar-refractivity contribution >= 4 is 0 Å². The molecule has 9 heteroatoms. The zero-order valence-corrected chi connectivity index (χ0v) is 17.9. The molecule has 1 unspecified atom stereocenters. The molecule has 0 fully saturated rings. The fraction of sp³-hybridized carbons (Fsp3) is 0.320. The molecule has 0 saturated heterocycles. The second kappa shape index (κ2) is 9.02. The Hall–Kier alpha value is -2.94. The normalized spacial score (nSPS) is 19.5. The van der Waals surface area contributed by atoms with Crippen LogP contribution in [0.25, 0.3) is 0 Å². The van der Waals surface area contributed by atoms with Crippen LogP contribution < -0.4 is 0 Å². The zero-order chi connectivity index (χ0) is 24.7. The maximum atomic E-state index is 13.5. The quantitative estimate of drug-likeness (QED) is 0.359. The molecule has 1 aliphatic carbocycles. The summed E-state index contributed by atoms with van der Waals surface area (Å²) in [6.45, 7) is 1.43. The molecule has 0 saturated carbocycles. The molecule has 0 spiro atoms. The van der Waals surface area contributed by atoms with Gasteiger partial charge in [0, 0.05) is 17.8 Å². The van der Waals surface area contributed by atoms with E-state index < -0.39 is 47.4 Å². The lowest BCUT2D eigenvalue weighted by Crippen LogP contribution is -2.30. The van der Waals surface area contributed by atoms with Gasteiger partial charge in [-0.2, -0.15) is 26.3 Å². The first kappa shape index (κ1) is 24.2. The van der Waals surface area contributed by atoms with Crippen molar-refractivity contribution in [1.29, 1.82) is 0 Å². The van der Waals surface area contributed by atoms with Gasteiger partial charge in [-0.25, -0.2) is 4.39 Å². The van der Waals surface area contributed by atoms with Gasteiger partial charge < -0.3 is 4.74 Å². The molecule has 2 nitrogen and oxygen atoms in total. The Labute approximate surface area is 191 Å². The predicted molar refractivity (Wildman–Crippen MR) is 111 cm³/mol. The molecule has 0 amide bonds. The van der Waals surface area contributed by atoms with E-state index >= 15 is 0 Å². The van der Waals surface area contributed by atoms with Crippen LogP contribution in [0.3, 0.4) is 0 Å². The van der Waals surface area contributed by atoms with Crippen molar-refractivity contribution in [2.75, 3.05) is 0 Å². The molecule has 34 heavy (non-hydrogen) atoms. The molecule has 0 bridgehead atoms. The molecule has 2 aromatic carbocycles. The first-order valence-electron chi connectivity index (χ1n) is 10.6. The number of nitrogens with zero attached hydrogens (tertiary/aromatic N) is 1. The van der Waals surface area contributed by atoms with Crippen LogP contribution in [0.1, 0.15) is 58.9 Å². The van der Waals surface area contributed by atoms with E-state index in [-0.39, 0.29) is 11.6 Å². The lowest BCUT2D eigenvalue weighted by Gasteiger charge is -2.35. The smallest absolute Gasteiger partial charge is 0.370 e. The minimum absolute atomic E-state index is 0.0973. The number of aryl methyl sites for hydroxylation is 1. The fourth-order valence-corrected chi connectivity index (χ4v) is 4.35. The minimum Gasteiger partial charge on any atom is -0.370 e. The third-order valence-corrected chi connectivity index (χ3v) is 5.99. The topological polar surface area (TPSA) is 22.1 Å². The van der Waals surface area contributed by atoms with Crippen LogP contribution in [0, 0.1) is 5.82 Å². The standard InChI is InChI=1S/C25H20F7NO/c1-14(16-11-17(24(27,28)29)13-18(12-16)25(30,31)32)34-22-9-8-21-20(3-2-10-33-21)23(22)15-4-6-19(26)7-5-15/h2-7,10-14,22-23H,8-9H2,1H3/t14-,22?,23+/m1/s1. The Bertz CT molecular complexity index is 1120. The number of benzene rings is 2. The highest BCUT2D eigenvalue weighted by molar-refractivity contribution is 5.39. The highest BCUT2D eigenvalue weighted by Crippen LogP contribution is 2.42. The van der Waals surface area contributed by atoms with E-state index in [0.29, 0.717) is 30.5 Å². The minimum atomic E-state index is -4.94. The number of fused-ring (bicyclic) bond motifs is 1. The third kappa shape index (κ3) is 5.09.